The Balaban J connectivity index is 1.65. The van der Waals surface area contributed by atoms with Gasteiger partial charge in [-0.15, -0.1) is 0 Å². The van der Waals surface area contributed by atoms with Crippen LogP contribution in [0.5, 0.6) is 5.75 Å². The van der Waals surface area contributed by atoms with Crippen molar-refractivity contribution in [1.29, 1.82) is 0 Å². The van der Waals surface area contributed by atoms with E-state index in [9.17, 15) is 0 Å². The van der Waals surface area contributed by atoms with Crippen molar-refractivity contribution in [2.24, 2.45) is 0 Å². The minimum atomic E-state index is 0.668. The van der Waals surface area contributed by atoms with Crippen LogP contribution in [0.4, 0.5) is 5.69 Å². The van der Waals surface area contributed by atoms with Crippen LogP contribution in [0.25, 0.3) is 11.1 Å². The monoisotopic (exact) mass is 281 g/mol. The summed E-state index contributed by atoms with van der Waals surface area (Å²) in [6.45, 7) is 4.67. The predicted octanol–water partition coefficient (Wildman–Crippen LogP) is 2.26. The fourth-order valence-electron chi connectivity index (χ4n) is 3.24. The van der Waals surface area contributed by atoms with Gasteiger partial charge >= 0.3 is 0 Å². The molecule has 4 nitrogen and oxygen atoms in total. The third-order valence-corrected chi connectivity index (χ3v) is 4.49. The van der Waals surface area contributed by atoms with Crippen molar-refractivity contribution in [1.82, 2.24) is 9.88 Å². The normalized spacial score (nSPS) is 23.6. The molecule has 1 aromatic heterocycles. The molecule has 3 fully saturated rings. The molecule has 4 heteroatoms. The Labute approximate surface area is 125 Å². The first kappa shape index (κ1) is 12.7. The molecule has 0 spiro atoms. The number of piperazine rings is 2. The standard InChI is InChI=1S/C17H19N3O/c1-21-17-4-2-3-13(8-17)14-7-15(10-18-9-14)20-6-5-19-11-16(20)12-19/h2-4,7-10,16H,5-6,11-12H2,1H3. The van der Waals surface area contributed by atoms with Crippen LogP contribution < -0.4 is 9.64 Å². The van der Waals surface area contributed by atoms with Crippen LogP contribution in [-0.4, -0.2) is 49.2 Å². The minimum Gasteiger partial charge on any atom is -0.497 e. The lowest BCUT2D eigenvalue weighted by Gasteiger charge is -2.52. The van der Waals surface area contributed by atoms with Gasteiger partial charge in [-0.1, -0.05) is 12.1 Å². The Bertz CT molecular complexity index is 649. The number of hydrogen-bond acceptors (Lipinski definition) is 4. The number of pyridine rings is 1. The second-order valence-electron chi connectivity index (χ2n) is 5.77. The number of ether oxygens (including phenoxy) is 1. The highest BCUT2D eigenvalue weighted by molar-refractivity contribution is 5.68. The summed E-state index contributed by atoms with van der Waals surface area (Å²) in [4.78, 5) is 9.44. The second-order valence-corrected chi connectivity index (χ2v) is 5.77. The Kier molecular flexibility index (Phi) is 3.04. The first-order valence-electron chi connectivity index (χ1n) is 7.42. The first-order chi connectivity index (χ1) is 10.3. The Morgan fingerprint density at radius 2 is 2.00 bits per heavy atom. The largest absolute Gasteiger partial charge is 0.497 e. The van der Waals surface area contributed by atoms with Gasteiger partial charge in [-0.05, 0) is 23.8 Å². The van der Waals surface area contributed by atoms with Gasteiger partial charge in [0.15, 0.2) is 0 Å². The van der Waals surface area contributed by atoms with E-state index in [1.54, 1.807) is 7.11 Å². The average molecular weight is 281 g/mol. The number of aromatic nitrogens is 1. The number of nitrogens with zero attached hydrogens (tertiary/aromatic N) is 3. The van der Waals surface area contributed by atoms with E-state index in [0.717, 1.165) is 23.4 Å². The molecule has 108 valence electrons. The Morgan fingerprint density at radius 1 is 1.10 bits per heavy atom. The lowest BCUT2D eigenvalue weighted by Crippen LogP contribution is -2.66. The zero-order valence-electron chi connectivity index (χ0n) is 12.2. The lowest BCUT2D eigenvalue weighted by molar-refractivity contribution is 0.110. The maximum absolute atomic E-state index is 5.31. The van der Waals surface area contributed by atoms with Gasteiger partial charge in [-0.25, -0.2) is 0 Å². The van der Waals surface area contributed by atoms with Crippen LogP contribution in [0.2, 0.25) is 0 Å². The van der Waals surface area contributed by atoms with E-state index >= 15 is 0 Å². The van der Waals surface area contributed by atoms with Crippen molar-refractivity contribution in [3.63, 3.8) is 0 Å². The smallest absolute Gasteiger partial charge is 0.119 e. The number of benzene rings is 1. The van der Waals surface area contributed by atoms with Gasteiger partial charge < -0.3 is 9.64 Å². The van der Waals surface area contributed by atoms with Gasteiger partial charge in [-0.3, -0.25) is 9.88 Å². The van der Waals surface area contributed by atoms with Crippen molar-refractivity contribution >= 4 is 5.69 Å². The van der Waals surface area contributed by atoms with Crippen molar-refractivity contribution < 1.29 is 4.74 Å². The van der Waals surface area contributed by atoms with Gasteiger partial charge in [0.1, 0.15) is 5.75 Å². The molecular weight excluding hydrogens is 262 g/mol. The molecule has 21 heavy (non-hydrogen) atoms. The molecule has 0 atom stereocenters. The SMILES string of the molecule is COc1cccc(-c2cncc(N3CCN4CC3C4)c2)c1. The van der Waals surface area contributed by atoms with Gasteiger partial charge in [0.2, 0.25) is 0 Å². The van der Waals surface area contributed by atoms with Crippen molar-refractivity contribution in [3.8, 4) is 16.9 Å². The Morgan fingerprint density at radius 3 is 2.76 bits per heavy atom. The van der Waals surface area contributed by atoms with E-state index in [0.29, 0.717) is 6.04 Å². The van der Waals surface area contributed by atoms with E-state index < -0.39 is 0 Å². The third kappa shape index (κ3) is 2.25. The van der Waals surface area contributed by atoms with Gasteiger partial charge in [-0.2, -0.15) is 0 Å². The molecule has 0 saturated carbocycles. The summed E-state index contributed by atoms with van der Waals surface area (Å²) in [5.41, 5.74) is 3.53. The van der Waals surface area contributed by atoms with Gasteiger partial charge in [0.25, 0.3) is 0 Å². The molecule has 3 aliphatic rings. The van der Waals surface area contributed by atoms with Crippen LogP contribution >= 0.6 is 0 Å². The molecule has 4 heterocycles. The molecule has 0 radical (unpaired) electrons. The summed E-state index contributed by atoms with van der Waals surface area (Å²) >= 11 is 0. The lowest BCUT2D eigenvalue weighted by atomic mass is 10.0. The number of rotatable bonds is 3. The fraction of sp³-hybridized carbons (Fsp3) is 0.353. The topological polar surface area (TPSA) is 28.6 Å². The predicted molar refractivity (Wildman–Crippen MR) is 83.8 cm³/mol. The summed E-state index contributed by atoms with van der Waals surface area (Å²) in [7, 11) is 1.70. The summed E-state index contributed by atoms with van der Waals surface area (Å²) in [5, 5.41) is 0. The highest BCUT2D eigenvalue weighted by atomic mass is 16.5. The van der Waals surface area contributed by atoms with E-state index in [4.69, 9.17) is 4.74 Å². The summed E-state index contributed by atoms with van der Waals surface area (Å²) < 4.78 is 5.31. The number of fused-ring (bicyclic) bond motifs is 2. The van der Waals surface area contributed by atoms with Crippen LogP contribution in [0.15, 0.2) is 42.7 Å². The molecule has 3 saturated heterocycles. The summed E-state index contributed by atoms with van der Waals surface area (Å²) in [6, 6.07) is 11.1. The molecule has 1 aromatic carbocycles. The zero-order chi connectivity index (χ0) is 14.2. The van der Waals surface area contributed by atoms with Gasteiger partial charge in [0.05, 0.1) is 25.0 Å². The van der Waals surface area contributed by atoms with Crippen molar-refractivity contribution in [3.05, 3.63) is 42.7 Å². The number of methoxy groups -OCH3 is 1. The third-order valence-electron chi connectivity index (χ3n) is 4.49. The van der Waals surface area contributed by atoms with Crippen LogP contribution in [0.1, 0.15) is 0 Å². The molecule has 0 N–H and O–H groups in total. The molecule has 2 bridgehead atoms. The minimum absolute atomic E-state index is 0.668. The molecule has 0 amide bonds. The van der Waals surface area contributed by atoms with Crippen LogP contribution in [0.3, 0.4) is 0 Å². The molecule has 3 aliphatic heterocycles. The van der Waals surface area contributed by atoms with E-state index in [2.05, 4.69) is 33.0 Å². The average Bonchev–Trinajstić information content (AvgIpc) is 2.54. The van der Waals surface area contributed by atoms with Crippen molar-refractivity contribution in [2.45, 2.75) is 6.04 Å². The van der Waals surface area contributed by atoms with E-state index in [-0.39, 0.29) is 0 Å². The molecule has 2 aromatic rings. The quantitative estimate of drug-likeness (QED) is 0.863. The summed E-state index contributed by atoms with van der Waals surface area (Å²) in [6.07, 6.45) is 3.91. The molecule has 0 aliphatic carbocycles. The zero-order valence-corrected chi connectivity index (χ0v) is 12.2. The molecular formula is C17H19N3O. The van der Waals surface area contributed by atoms with Gasteiger partial charge in [0, 0.05) is 37.9 Å². The highest BCUT2D eigenvalue weighted by Gasteiger charge is 2.36. The maximum Gasteiger partial charge on any atom is 0.119 e. The van der Waals surface area contributed by atoms with Crippen LogP contribution in [0, 0.1) is 0 Å². The van der Waals surface area contributed by atoms with Crippen LogP contribution in [-0.2, 0) is 0 Å². The van der Waals surface area contributed by atoms with E-state index in [1.165, 1.54) is 25.3 Å². The first-order valence-corrected chi connectivity index (χ1v) is 7.42. The number of anilines is 1. The maximum atomic E-state index is 5.31. The summed E-state index contributed by atoms with van der Waals surface area (Å²) in [5.74, 6) is 0.880. The fourth-order valence-corrected chi connectivity index (χ4v) is 3.24. The number of hydrogen-bond donors (Lipinski definition) is 0. The molecule has 0 unspecified atom stereocenters. The molecule has 5 rings (SSSR count). The highest BCUT2D eigenvalue weighted by Crippen LogP contribution is 2.30. The second kappa shape index (κ2) is 5.04. The Hall–Kier alpha value is -2.07. The van der Waals surface area contributed by atoms with Crippen molar-refractivity contribution in [2.75, 3.05) is 38.2 Å². The van der Waals surface area contributed by atoms with E-state index in [1.807, 2.05) is 24.5 Å².